The number of carbonyl (C=O) groups excluding carboxylic acids is 1. The number of nitrogens with zero attached hydrogens (tertiary/aromatic N) is 3. The molecular weight excluding hydrogens is 240 g/mol. The molecule has 5 heteroatoms. The Kier molecular flexibility index (Phi) is 5.30. The lowest BCUT2D eigenvalue weighted by Gasteiger charge is -2.34. The molecule has 1 aromatic rings. The van der Waals surface area contributed by atoms with Gasteiger partial charge in [-0.1, -0.05) is 6.07 Å². The Morgan fingerprint density at radius 2 is 2.11 bits per heavy atom. The molecular formula is C14H22N4O. The fraction of sp³-hybridized carbons (Fsp3) is 0.571. The van der Waals surface area contributed by atoms with Crippen LogP contribution < -0.4 is 5.32 Å². The first-order valence-corrected chi connectivity index (χ1v) is 6.84. The van der Waals surface area contributed by atoms with Crippen LogP contribution in [0, 0.1) is 0 Å². The van der Waals surface area contributed by atoms with Gasteiger partial charge in [0.25, 0.3) is 0 Å². The van der Waals surface area contributed by atoms with Crippen LogP contribution in [0.5, 0.6) is 0 Å². The van der Waals surface area contributed by atoms with Gasteiger partial charge >= 0.3 is 0 Å². The van der Waals surface area contributed by atoms with Gasteiger partial charge in [0.2, 0.25) is 5.91 Å². The summed E-state index contributed by atoms with van der Waals surface area (Å²) < 4.78 is 0. The molecule has 1 fully saturated rings. The lowest BCUT2D eigenvalue weighted by atomic mass is 10.2. The van der Waals surface area contributed by atoms with Gasteiger partial charge < -0.3 is 10.2 Å². The van der Waals surface area contributed by atoms with E-state index in [9.17, 15) is 4.79 Å². The van der Waals surface area contributed by atoms with Gasteiger partial charge in [-0.3, -0.25) is 14.7 Å². The SMILES string of the molecule is CNCCC(=O)N1CCN(Cc2ccccn2)CC1. The highest BCUT2D eigenvalue weighted by Crippen LogP contribution is 2.07. The monoisotopic (exact) mass is 262 g/mol. The fourth-order valence-electron chi connectivity index (χ4n) is 2.27. The van der Waals surface area contributed by atoms with Crippen molar-refractivity contribution >= 4 is 5.91 Å². The second-order valence-electron chi connectivity index (χ2n) is 4.83. The quantitative estimate of drug-likeness (QED) is 0.831. The predicted octanol–water partition coefficient (Wildman–Crippen LogP) is 0.335. The maximum atomic E-state index is 11.9. The third-order valence-electron chi connectivity index (χ3n) is 3.43. The van der Waals surface area contributed by atoms with Crippen molar-refractivity contribution < 1.29 is 4.79 Å². The van der Waals surface area contributed by atoms with Crippen molar-refractivity contribution in [2.75, 3.05) is 39.8 Å². The number of hydrogen-bond donors (Lipinski definition) is 1. The van der Waals surface area contributed by atoms with E-state index >= 15 is 0 Å². The van der Waals surface area contributed by atoms with Crippen molar-refractivity contribution in [1.29, 1.82) is 0 Å². The van der Waals surface area contributed by atoms with Crippen LogP contribution in [0.4, 0.5) is 0 Å². The minimum atomic E-state index is 0.256. The molecule has 1 aromatic heterocycles. The van der Waals surface area contributed by atoms with Gasteiger partial charge in [0.1, 0.15) is 0 Å². The molecule has 1 aliphatic rings. The average Bonchev–Trinajstić information content (AvgIpc) is 2.46. The third kappa shape index (κ3) is 4.29. The second kappa shape index (κ2) is 7.21. The first-order chi connectivity index (χ1) is 9.29. The average molecular weight is 262 g/mol. The van der Waals surface area contributed by atoms with E-state index < -0.39 is 0 Å². The maximum absolute atomic E-state index is 11.9. The Bertz CT molecular complexity index is 388. The Hall–Kier alpha value is -1.46. The van der Waals surface area contributed by atoms with Gasteiger partial charge in [-0.05, 0) is 19.2 Å². The molecule has 0 saturated carbocycles. The molecule has 104 valence electrons. The highest BCUT2D eigenvalue weighted by molar-refractivity contribution is 5.76. The van der Waals surface area contributed by atoms with E-state index in [0.717, 1.165) is 45.0 Å². The van der Waals surface area contributed by atoms with Crippen molar-refractivity contribution in [3.63, 3.8) is 0 Å². The summed E-state index contributed by atoms with van der Waals surface area (Å²) in [6.45, 7) is 5.15. The van der Waals surface area contributed by atoms with E-state index in [4.69, 9.17) is 0 Å². The number of amides is 1. The van der Waals surface area contributed by atoms with E-state index in [0.29, 0.717) is 6.42 Å². The zero-order valence-corrected chi connectivity index (χ0v) is 11.5. The lowest BCUT2D eigenvalue weighted by Crippen LogP contribution is -2.48. The van der Waals surface area contributed by atoms with E-state index in [2.05, 4.69) is 15.2 Å². The summed E-state index contributed by atoms with van der Waals surface area (Å²) in [5.41, 5.74) is 1.09. The van der Waals surface area contributed by atoms with Gasteiger partial charge in [0.05, 0.1) is 5.69 Å². The predicted molar refractivity (Wildman–Crippen MR) is 74.6 cm³/mol. The second-order valence-corrected chi connectivity index (χ2v) is 4.83. The van der Waals surface area contributed by atoms with Crippen molar-refractivity contribution in [3.05, 3.63) is 30.1 Å². The van der Waals surface area contributed by atoms with Crippen LogP contribution in [0.1, 0.15) is 12.1 Å². The molecule has 0 aliphatic carbocycles. The molecule has 1 aliphatic heterocycles. The minimum Gasteiger partial charge on any atom is -0.340 e. The number of hydrogen-bond acceptors (Lipinski definition) is 4. The summed E-state index contributed by atoms with van der Waals surface area (Å²) in [6, 6.07) is 5.99. The van der Waals surface area contributed by atoms with Crippen LogP contribution in [0.25, 0.3) is 0 Å². The third-order valence-corrected chi connectivity index (χ3v) is 3.43. The Labute approximate surface area is 114 Å². The summed E-state index contributed by atoms with van der Waals surface area (Å²) in [6.07, 6.45) is 2.42. The molecule has 0 unspecified atom stereocenters. The number of carbonyl (C=O) groups is 1. The molecule has 19 heavy (non-hydrogen) atoms. The summed E-state index contributed by atoms with van der Waals surface area (Å²) in [5.74, 6) is 0.256. The molecule has 1 amide bonds. The molecule has 5 nitrogen and oxygen atoms in total. The number of piperazine rings is 1. The van der Waals surface area contributed by atoms with Crippen LogP contribution in [-0.4, -0.2) is 60.5 Å². The van der Waals surface area contributed by atoms with Gasteiger partial charge in [-0.2, -0.15) is 0 Å². The first kappa shape index (κ1) is 14.0. The van der Waals surface area contributed by atoms with E-state index in [1.165, 1.54) is 0 Å². The largest absolute Gasteiger partial charge is 0.340 e. The summed E-state index contributed by atoms with van der Waals surface area (Å²) >= 11 is 0. The Morgan fingerprint density at radius 3 is 2.74 bits per heavy atom. The first-order valence-electron chi connectivity index (χ1n) is 6.84. The summed E-state index contributed by atoms with van der Waals surface area (Å²) in [4.78, 5) is 20.5. The smallest absolute Gasteiger partial charge is 0.223 e. The van der Waals surface area contributed by atoms with Gasteiger partial charge in [0.15, 0.2) is 0 Å². The van der Waals surface area contributed by atoms with Crippen LogP contribution in [0.3, 0.4) is 0 Å². The highest BCUT2D eigenvalue weighted by atomic mass is 16.2. The molecule has 0 aromatic carbocycles. The van der Waals surface area contributed by atoms with Crippen LogP contribution >= 0.6 is 0 Å². The van der Waals surface area contributed by atoms with Crippen LogP contribution in [-0.2, 0) is 11.3 Å². The maximum Gasteiger partial charge on any atom is 0.223 e. The van der Waals surface area contributed by atoms with Gasteiger partial charge in [0, 0.05) is 51.9 Å². The topological polar surface area (TPSA) is 48.5 Å². The minimum absolute atomic E-state index is 0.256. The fourth-order valence-corrected chi connectivity index (χ4v) is 2.27. The molecule has 2 heterocycles. The van der Waals surface area contributed by atoms with Crippen molar-refractivity contribution in [3.8, 4) is 0 Å². The molecule has 0 radical (unpaired) electrons. The number of nitrogens with one attached hydrogen (secondary N) is 1. The van der Waals surface area contributed by atoms with E-state index in [1.807, 2.05) is 36.3 Å². The number of rotatable bonds is 5. The number of aromatic nitrogens is 1. The Morgan fingerprint density at radius 1 is 1.32 bits per heavy atom. The highest BCUT2D eigenvalue weighted by Gasteiger charge is 2.20. The van der Waals surface area contributed by atoms with Crippen LogP contribution in [0.15, 0.2) is 24.4 Å². The zero-order valence-electron chi connectivity index (χ0n) is 11.5. The lowest BCUT2D eigenvalue weighted by molar-refractivity contribution is -0.132. The standard InChI is InChI=1S/C14H22N4O/c1-15-7-5-14(19)18-10-8-17(9-11-18)12-13-4-2-3-6-16-13/h2-4,6,15H,5,7-12H2,1H3. The molecule has 0 spiro atoms. The van der Waals surface area contributed by atoms with Gasteiger partial charge in [-0.15, -0.1) is 0 Å². The molecule has 2 rings (SSSR count). The zero-order chi connectivity index (χ0) is 13.5. The van der Waals surface area contributed by atoms with Crippen molar-refractivity contribution in [2.45, 2.75) is 13.0 Å². The molecule has 1 N–H and O–H groups in total. The van der Waals surface area contributed by atoms with Gasteiger partial charge in [-0.25, -0.2) is 0 Å². The normalized spacial score (nSPS) is 16.6. The van der Waals surface area contributed by atoms with Crippen LogP contribution in [0.2, 0.25) is 0 Å². The summed E-state index contributed by atoms with van der Waals surface area (Å²) in [5, 5.41) is 3.01. The van der Waals surface area contributed by atoms with E-state index in [-0.39, 0.29) is 5.91 Å². The molecule has 0 bridgehead atoms. The summed E-state index contributed by atoms with van der Waals surface area (Å²) in [7, 11) is 1.87. The molecule has 0 atom stereocenters. The van der Waals surface area contributed by atoms with E-state index in [1.54, 1.807) is 0 Å². The van der Waals surface area contributed by atoms with Crippen molar-refractivity contribution in [2.24, 2.45) is 0 Å². The van der Waals surface area contributed by atoms with Crippen molar-refractivity contribution in [1.82, 2.24) is 20.1 Å². The Balaban J connectivity index is 1.75. The molecule has 1 saturated heterocycles. The number of pyridine rings is 1.